The number of allylic oxidation sites excluding steroid dienone is 1. The second-order valence-electron chi connectivity index (χ2n) is 2.97. The minimum Gasteiger partial charge on any atom is -0.510 e. The largest absolute Gasteiger partial charge is 0.510 e. The van der Waals surface area contributed by atoms with Gasteiger partial charge < -0.3 is 9.84 Å². The number of aliphatic hydroxyl groups is 1. The number of hydrogen-bond acceptors (Lipinski definition) is 5. The Morgan fingerprint density at radius 1 is 1.69 bits per heavy atom. The number of carbonyl (C=O) groups is 1. The van der Waals surface area contributed by atoms with Gasteiger partial charge in [0.1, 0.15) is 16.3 Å². The summed E-state index contributed by atoms with van der Waals surface area (Å²) in [4.78, 5) is 15.7. The summed E-state index contributed by atoms with van der Waals surface area (Å²) >= 11 is 6.78. The molecule has 0 bridgehead atoms. The summed E-state index contributed by atoms with van der Waals surface area (Å²) in [6, 6.07) is 0. The van der Waals surface area contributed by atoms with Gasteiger partial charge in [-0.2, -0.15) is 0 Å². The van der Waals surface area contributed by atoms with E-state index >= 15 is 0 Å². The van der Waals surface area contributed by atoms with Crippen molar-refractivity contribution in [2.24, 2.45) is 0 Å². The number of esters is 1. The van der Waals surface area contributed by atoms with Crippen LogP contribution >= 0.6 is 22.9 Å². The second kappa shape index (κ2) is 5.86. The average molecular weight is 262 g/mol. The highest BCUT2D eigenvalue weighted by Crippen LogP contribution is 2.23. The number of ether oxygens (including phenoxy) is 1. The molecular formula is C10H12ClNO3S. The van der Waals surface area contributed by atoms with Crippen molar-refractivity contribution in [3.8, 4) is 0 Å². The Hall–Kier alpha value is -1.07. The first-order chi connectivity index (χ1) is 7.60. The minimum absolute atomic E-state index is 0.0509. The fourth-order valence-corrected chi connectivity index (χ4v) is 2.05. The van der Waals surface area contributed by atoms with Gasteiger partial charge in [-0.25, -0.2) is 9.78 Å². The smallest absolute Gasteiger partial charge is 0.344 e. The van der Waals surface area contributed by atoms with Gasteiger partial charge in [0.15, 0.2) is 0 Å². The summed E-state index contributed by atoms with van der Waals surface area (Å²) in [7, 11) is 0. The molecule has 1 N–H and O–H groups in total. The molecule has 4 nitrogen and oxygen atoms in total. The fraction of sp³-hybridized carbons (Fsp3) is 0.400. The molecule has 6 heteroatoms. The summed E-state index contributed by atoms with van der Waals surface area (Å²) in [6.07, 6.45) is 0. The molecule has 1 aromatic heterocycles. The zero-order valence-corrected chi connectivity index (χ0v) is 10.6. The molecule has 0 spiro atoms. The third-order valence-corrected chi connectivity index (χ3v) is 2.96. The van der Waals surface area contributed by atoms with E-state index < -0.39 is 5.97 Å². The number of alkyl halides is 1. The van der Waals surface area contributed by atoms with Crippen LogP contribution in [0.15, 0.2) is 11.1 Å². The van der Waals surface area contributed by atoms with E-state index in [1.165, 1.54) is 11.3 Å². The molecule has 0 atom stereocenters. The van der Waals surface area contributed by atoms with Crippen molar-refractivity contribution in [3.63, 3.8) is 0 Å². The third-order valence-electron chi connectivity index (χ3n) is 1.73. The van der Waals surface area contributed by atoms with E-state index in [2.05, 4.69) is 4.98 Å². The maximum absolute atomic E-state index is 11.6. The van der Waals surface area contributed by atoms with E-state index in [1.54, 1.807) is 19.2 Å². The van der Waals surface area contributed by atoms with Crippen LogP contribution in [0.2, 0.25) is 0 Å². The summed E-state index contributed by atoms with van der Waals surface area (Å²) in [6.45, 7) is 3.74. The first kappa shape index (κ1) is 13.0. The average Bonchev–Trinajstić information content (AvgIpc) is 2.65. The molecule has 0 aliphatic carbocycles. The van der Waals surface area contributed by atoms with Gasteiger partial charge in [-0.05, 0) is 13.8 Å². The van der Waals surface area contributed by atoms with Crippen LogP contribution in [-0.4, -0.2) is 28.5 Å². The first-order valence-electron chi connectivity index (χ1n) is 4.67. The van der Waals surface area contributed by atoms with Crippen LogP contribution in [0, 0.1) is 6.92 Å². The Bertz CT molecular complexity index is 414. The number of carbonyl (C=O) groups excluding carboxylic acids is 1. The van der Waals surface area contributed by atoms with Gasteiger partial charge in [0.05, 0.1) is 12.5 Å². The Labute approximate surface area is 103 Å². The molecule has 0 radical (unpaired) electrons. The van der Waals surface area contributed by atoms with E-state index in [0.29, 0.717) is 5.01 Å². The van der Waals surface area contributed by atoms with Crippen LogP contribution < -0.4 is 0 Å². The lowest BCUT2D eigenvalue weighted by Gasteiger charge is -2.05. The topological polar surface area (TPSA) is 59.4 Å². The van der Waals surface area contributed by atoms with E-state index in [1.807, 2.05) is 0 Å². The van der Waals surface area contributed by atoms with E-state index in [0.717, 1.165) is 5.69 Å². The third kappa shape index (κ3) is 2.96. The van der Waals surface area contributed by atoms with Crippen LogP contribution in [0.25, 0.3) is 5.57 Å². The van der Waals surface area contributed by atoms with Crippen molar-refractivity contribution in [1.82, 2.24) is 4.98 Å². The zero-order chi connectivity index (χ0) is 12.1. The molecule has 0 saturated carbocycles. The van der Waals surface area contributed by atoms with Crippen LogP contribution in [0.5, 0.6) is 0 Å². The Kier molecular flexibility index (Phi) is 4.76. The fourth-order valence-electron chi connectivity index (χ4n) is 1.07. The van der Waals surface area contributed by atoms with E-state index in [9.17, 15) is 9.90 Å². The number of thiazole rings is 1. The molecule has 1 heterocycles. The maximum Gasteiger partial charge on any atom is 0.344 e. The van der Waals surface area contributed by atoms with Gasteiger partial charge in [0.25, 0.3) is 0 Å². The molecule has 1 rings (SSSR count). The lowest BCUT2D eigenvalue weighted by atomic mass is 10.2. The number of aromatic nitrogens is 1. The molecule has 0 aromatic carbocycles. The number of aryl methyl sites for hydroxylation is 1. The lowest BCUT2D eigenvalue weighted by Crippen LogP contribution is -2.10. The van der Waals surface area contributed by atoms with Gasteiger partial charge in [0, 0.05) is 11.1 Å². The Morgan fingerprint density at radius 2 is 2.38 bits per heavy atom. The molecule has 0 aliphatic heterocycles. The normalized spacial score (nSPS) is 12.2. The number of halogens is 1. The summed E-state index contributed by atoms with van der Waals surface area (Å²) < 4.78 is 4.84. The Balaban J connectivity index is 3.12. The van der Waals surface area contributed by atoms with Gasteiger partial charge in [0.2, 0.25) is 0 Å². The van der Waals surface area contributed by atoms with Gasteiger partial charge >= 0.3 is 5.97 Å². The molecule has 16 heavy (non-hydrogen) atoms. The summed E-state index contributed by atoms with van der Waals surface area (Å²) in [5.41, 5.74) is 0.833. The van der Waals surface area contributed by atoms with Crippen molar-refractivity contribution in [2.45, 2.75) is 13.8 Å². The zero-order valence-electron chi connectivity index (χ0n) is 8.99. The monoisotopic (exact) mass is 261 g/mol. The molecule has 0 aliphatic rings. The first-order valence-corrected chi connectivity index (χ1v) is 6.09. The predicted octanol–water partition coefficient (Wildman–Crippen LogP) is 2.52. The number of hydrogen-bond donors (Lipinski definition) is 1. The van der Waals surface area contributed by atoms with Crippen LogP contribution in [-0.2, 0) is 9.53 Å². The molecule has 0 saturated heterocycles. The lowest BCUT2D eigenvalue weighted by molar-refractivity contribution is -0.136. The number of rotatable bonds is 4. The Morgan fingerprint density at radius 3 is 2.81 bits per heavy atom. The highest BCUT2D eigenvalue weighted by molar-refractivity contribution is 7.11. The molecule has 0 fully saturated rings. The van der Waals surface area contributed by atoms with Crippen molar-refractivity contribution in [1.29, 1.82) is 0 Å². The quantitative estimate of drug-likeness (QED) is 0.392. The molecule has 0 amide bonds. The van der Waals surface area contributed by atoms with Gasteiger partial charge in [-0.1, -0.05) is 0 Å². The van der Waals surface area contributed by atoms with Crippen LogP contribution in [0.1, 0.15) is 17.6 Å². The molecule has 0 unspecified atom stereocenters. The second-order valence-corrected chi connectivity index (χ2v) is 4.10. The van der Waals surface area contributed by atoms with Crippen LogP contribution in [0.3, 0.4) is 0 Å². The summed E-state index contributed by atoms with van der Waals surface area (Å²) in [5.74, 6) is -0.961. The van der Waals surface area contributed by atoms with E-state index in [4.69, 9.17) is 16.3 Å². The van der Waals surface area contributed by atoms with Crippen LogP contribution in [0.4, 0.5) is 0 Å². The number of nitrogens with zero attached hydrogens (tertiary/aromatic N) is 1. The minimum atomic E-state index is -0.602. The van der Waals surface area contributed by atoms with Crippen molar-refractivity contribution in [3.05, 3.63) is 21.8 Å². The SMILES string of the molecule is CCOC(=O)/C(=C(\O)CCl)c1nc(C)cs1. The molecule has 1 aromatic rings. The standard InChI is InChI=1S/C10H12ClNO3S/c1-3-15-10(14)8(7(13)4-11)9-12-6(2)5-16-9/h5,13H,3-4H2,1-2H3/b8-7-. The van der Waals surface area contributed by atoms with Crippen molar-refractivity contribution >= 4 is 34.5 Å². The highest BCUT2D eigenvalue weighted by Gasteiger charge is 2.21. The van der Waals surface area contributed by atoms with E-state index in [-0.39, 0.29) is 23.8 Å². The predicted molar refractivity (Wildman–Crippen MR) is 63.8 cm³/mol. The maximum atomic E-state index is 11.6. The van der Waals surface area contributed by atoms with Gasteiger partial charge in [-0.15, -0.1) is 22.9 Å². The molecule has 88 valence electrons. The number of aliphatic hydroxyl groups excluding tert-OH is 1. The van der Waals surface area contributed by atoms with Gasteiger partial charge in [-0.3, -0.25) is 0 Å². The van der Waals surface area contributed by atoms with Crippen molar-refractivity contribution < 1.29 is 14.6 Å². The summed E-state index contributed by atoms with van der Waals surface area (Å²) in [5, 5.41) is 11.8. The highest BCUT2D eigenvalue weighted by atomic mass is 35.5. The molecular weight excluding hydrogens is 250 g/mol. The van der Waals surface area contributed by atoms with Crippen molar-refractivity contribution in [2.75, 3.05) is 12.5 Å².